The average Bonchev–Trinajstić information content (AvgIpc) is 3.06. The Balaban J connectivity index is 1.89. The highest BCUT2D eigenvalue weighted by atomic mass is 35.5. The van der Waals surface area contributed by atoms with Crippen LogP contribution in [0.5, 0.6) is 0 Å². The number of benzene rings is 2. The number of aryl methyl sites for hydroxylation is 1. The molecule has 140 valence electrons. The number of hydrogen-bond acceptors (Lipinski definition) is 3. The molecule has 0 aliphatic carbocycles. The van der Waals surface area contributed by atoms with Gasteiger partial charge in [0.15, 0.2) is 0 Å². The number of halogens is 2. The van der Waals surface area contributed by atoms with Crippen LogP contribution in [0, 0.1) is 0 Å². The van der Waals surface area contributed by atoms with Crippen LogP contribution in [0.1, 0.15) is 24.6 Å². The fourth-order valence-electron chi connectivity index (χ4n) is 2.82. The molecule has 27 heavy (non-hydrogen) atoms. The van der Waals surface area contributed by atoms with Gasteiger partial charge in [0.2, 0.25) is 0 Å². The number of hydrogen-bond donors (Lipinski definition) is 0. The zero-order valence-corrected chi connectivity index (χ0v) is 16.5. The minimum Gasteiger partial charge on any atom is -0.466 e. The normalized spacial score (nSPS) is 10.8. The van der Waals surface area contributed by atoms with Crippen molar-refractivity contribution in [3.05, 3.63) is 75.9 Å². The van der Waals surface area contributed by atoms with E-state index in [0.29, 0.717) is 36.0 Å². The molecule has 0 amide bonds. The van der Waals surface area contributed by atoms with Crippen LogP contribution in [-0.2, 0) is 22.5 Å². The summed E-state index contributed by atoms with van der Waals surface area (Å²) in [6, 6.07) is 17.4. The molecule has 0 saturated carbocycles. The van der Waals surface area contributed by atoms with Crippen molar-refractivity contribution in [2.75, 3.05) is 6.61 Å². The SMILES string of the molecule is CCOC(=O)CCc1cc(-c2ccccc2)nn1Cc1ccc(Cl)cc1Cl. The summed E-state index contributed by atoms with van der Waals surface area (Å²) in [5.41, 5.74) is 3.75. The molecule has 3 rings (SSSR count). The van der Waals surface area contributed by atoms with E-state index in [4.69, 9.17) is 33.0 Å². The second kappa shape index (κ2) is 9.07. The number of carbonyl (C=O) groups excluding carboxylic acids is 1. The highest BCUT2D eigenvalue weighted by molar-refractivity contribution is 6.35. The molecule has 0 atom stereocenters. The largest absolute Gasteiger partial charge is 0.466 e. The van der Waals surface area contributed by atoms with E-state index >= 15 is 0 Å². The molecule has 3 aromatic rings. The van der Waals surface area contributed by atoms with Gasteiger partial charge in [-0.25, -0.2) is 0 Å². The van der Waals surface area contributed by atoms with E-state index in [1.165, 1.54) is 0 Å². The topological polar surface area (TPSA) is 44.1 Å². The molecule has 2 aromatic carbocycles. The van der Waals surface area contributed by atoms with Gasteiger partial charge in [0, 0.05) is 21.3 Å². The second-order valence-corrected chi connectivity index (χ2v) is 6.93. The maximum absolute atomic E-state index is 11.8. The number of aromatic nitrogens is 2. The molecule has 0 aliphatic rings. The smallest absolute Gasteiger partial charge is 0.306 e. The van der Waals surface area contributed by atoms with Crippen LogP contribution >= 0.6 is 23.2 Å². The first-order valence-corrected chi connectivity index (χ1v) is 9.54. The zero-order valence-electron chi connectivity index (χ0n) is 15.0. The molecule has 0 saturated heterocycles. The van der Waals surface area contributed by atoms with Gasteiger partial charge in [-0.3, -0.25) is 9.48 Å². The molecule has 0 aliphatic heterocycles. The summed E-state index contributed by atoms with van der Waals surface area (Å²) in [6.45, 7) is 2.69. The van der Waals surface area contributed by atoms with Gasteiger partial charge in [-0.05, 0) is 37.1 Å². The van der Waals surface area contributed by atoms with Crippen LogP contribution in [0.15, 0.2) is 54.6 Å². The Morgan fingerprint density at radius 2 is 1.89 bits per heavy atom. The summed E-state index contributed by atoms with van der Waals surface area (Å²) >= 11 is 12.3. The molecular formula is C21H20Cl2N2O2. The Bertz CT molecular complexity index is 923. The third kappa shape index (κ3) is 5.12. The minimum atomic E-state index is -0.212. The average molecular weight is 403 g/mol. The summed E-state index contributed by atoms with van der Waals surface area (Å²) in [4.78, 5) is 11.8. The van der Waals surface area contributed by atoms with Gasteiger partial charge in [0.05, 0.1) is 25.3 Å². The van der Waals surface area contributed by atoms with Crippen molar-refractivity contribution in [1.82, 2.24) is 9.78 Å². The monoisotopic (exact) mass is 402 g/mol. The third-order valence-corrected chi connectivity index (χ3v) is 4.75. The van der Waals surface area contributed by atoms with Gasteiger partial charge in [-0.15, -0.1) is 0 Å². The van der Waals surface area contributed by atoms with Gasteiger partial charge in [-0.2, -0.15) is 5.10 Å². The molecule has 4 nitrogen and oxygen atoms in total. The van der Waals surface area contributed by atoms with Crippen LogP contribution in [0.25, 0.3) is 11.3 Å². The molecule has 0 N–H and O–H groups in total. The predicted molar refractivity (Wildman–Crippen MR) is 108 cm³/mol. The minimum absolute atomic E-state index is 0.212. The Labute approximate surface area is 168 Å². The molecule has 6 heteroatoms. The van der Waals surface area contributed by atoms with Gasteiger partial charge in [0.25, 0.3) is 0 Å². The lowest BCUT2D eigenvalue weighted by atomic mass is 10.1. The molecule has 0 unspecified atom stereocenters. The Kier molecular flexibility index (Phi) is 6.54. The molecule has 0 fully saturated rings. The van der Waals surface area contributed by atoms with Crippen LogP contribution in [0.4, 0.5) is 0 Å². The van der Waals surface area contributed by atoms with E-state index in [2.05, 4.69) is 0 Å². The van der Waals surface area contributed by atoms with Gasteiger partial charge >= 0.3 is 5.97 Å². The Morgan fingerprint density at radius 3 is 2.59 bits per heavy atom. The number of carbonyl (C=O) groups is 1. The zero-order chi connectivity index (χ0) is 19.2. The van der Waals surface area contributed by atoms with Gasteiger partial charge < -0.3 is 4.74 Å². The van der Waals surface area contributed by atoms with Crippen molar-refractivity contribution >= 4 is 29.2 Å². The first kappa shape index (κ1) is 19.5. The van der Waals surface area contributed by atoms with Crippen molar-refractivity contribution in [1.29, 1.82) is 0 Å². The maximum atomic E-state index is 11.8. The Morgan fingerprint density at radius 1 is 1.11 bits per heavy atom. The maximum Gasteiger partial charge on any atom is 0.306 e. The summed E-state index contributed by atoms with van der Waals surface area (Å²) in [5.74, 6) is -0.212. The molecule has 0 radical (unpaired) electrons. The summed E-state index contributed by atoms with van der Waals surface area (Å²) in [6.07, 6.45) is 0.853. The lowest BCUT2D eigenvalue weighted by Gasteiger charge is -2.09. The molecular weight excluding hydrogens is 383 g/mol. The molecule has 0 spiro atoms. The number of nitrogens with zero attached hydrogens (tertiary/aromatic N) is 2. The summed E-state index contributed by atoms with van der Waals surface area (Å²) in [5, 5.41) is 5.92. The van der Waals surface area contributed by atoms with E-state index in [1.54, 1.807) is 13.0 Å². The fourth-order valence-corrected chi connectivity index (χ4v) is 3.29. The number of rotatable bonds is 7. The fraction of sp³-hybridized carbons (Fsp3) is 0.238. The second-order valence-electron chi connectivity index (χ2n) is 6.09. The van der Waals surface area contributed by atoms with Crippen LogP contribution in [0.2, 0.25) is 10.0 Å². The van der Waals surface area contributed by atoms with Gasteiger partial charge in [-0.1, -0.05) is 59.6 Å². The van der Waals surface area contributed by atoms with E-state index in [1.807, 2.05) is 53.2 Å². The van der Waals surface area contributed by atoms with Crippen molar-refractivity contribution in [2.45, 2.75) is 26.3 Å². The predicted octanol–water partition coefficient (Wildman–Crippen LogP) is 5.40. The molecule has 1 aromatic heterocycles. The van der Waals surface area contributed by atoms with Crippen molar-refractivity contribution in [3.8, 4) is 11.3 Å². The quantitative estimate of drug-likeness (QED) is 0.496. The lowest BCUT2D eigenvalue weighted by molar-refractivity contribution is -0.143. The Hall–Kier alpha value is -2.30. The van der Waals surface area contributed by atoms with E-state index in [0.717, 1.165) is 22.5 Å². The van der Waals surface area contributed by atoms with Crippen LogP contribution in [-0.4, -0.2) is 22.4 Å². The summed E-state index contributed by atoms with van der Waals surface area (Å²) < 4.78 is 6.93. The molecule has 1 heterocycles. The van der Waals surface area contributed by atoms with Crippen molar-refractivity contribution < 1.29 is 9.53 Å². The van der Waals surface area contributed by atoms with Crippen molar-refractivity contribution in [3.63, 3.8) is 0 Å². The van der Waals surface area contributed by atoms with Gasteiger partial charge in [0.1, 0.15) is 0 Å². The lowest BCUT2D eigenvalue weighted by Crippen LogP contribution is -2.10. The van der Waals surface area contributed by atoms with Crippen LogP contribution in [0.3, 0.4) is 0 Å². The van der Waals surface area contributed by atoms with E-state index in [-0.39, 0.29) is 5.97 Å². The molecule has 0 bridgehead atoms. The highest BCUT2D eigenvalue weighted by Gasteiger charge is 2.13. The van der Waals surface area contributed by atoms with Crippen LogP contribution < -0.4 is 0 Å². The standard InChI is InChI=1S/C21H20Cl2N2O2/c1-2-27-21(26)11-10-18-13-20(15-6-4-3-5-7-15)24-25(18)14-16-8-9-17(22)12-19(16)23/h3-9,12-13H,2,10-11,14H2,1H3. The van der Waals surface area contributed by atoms with E-state index < -0.39 is 0 Å². The first-order valence-electron chi connectivity index (χ1n) is 8.78. The van der Waals surface area contributed by atoms with Crippen molar-refractivity contribution in [2.24, 2.45) is 0 Å². The number of esters is 1. The summed E-state index contributed by atoms with van der Waals surface area (Å²) in [7, 11) is 0. The third-order valence-electron chi connectivity index (χ3n) is 4.16. The first-order chi connectivity index (χ1) is 13.1. The number of ether oxygens (including phenoxy) is 1. The van der Waals surface area contributed by atoms with E-state index in [9.17, 15) is 4.79 Å². The highest BCUT2D eigenvalue weighted by Crippen LogP contribution is 2.24.